The monoisotopic (exact) mass is 245 g/mol. The molecule has 2 rings (SSSR count). The zero-order chi connectivity index (χ0) is 12.4. The van der Waals surface area contributed by atoms with Gasteiger partial charge in [-0.1, -0.05) is 11.8 Å². The Morgan fingerprint density at radius 3 is 2.82 bits per heavy atom. The average molecular weight is 245 g/mol. The number of anilines is 1. The van der Waals surface area contributed by atoms with Gasteiger partial charge in [0.1, 0.15) is 17.5 Å². The Balaban J connectivity index is 2.59. The van der Waals surface area contributed by atoms with Crippen molar-refractivity contribution in [1.29, 1.82) is 10.5 Å². The summed E-state index contributed by atoms with van der Waals surface area (Å²) in [6, 6.07) is 3.95. The minimum atomic E-state index is 0.214. The van der Waals surface area contributed by atoms with Crippen LogP contribution in [0.2, 0.25) is 0 Å². The fraction of sp³-hybridized carbons (Fsp3) is 0.222. The van der Waals surface area contributed by atoms with E-state index in [-0.39, 0.29) is 11.6 Å². The van der Waals surface area contributed by atoms with Crippen molar-refractivity contribution in [3.05, 3.63) is 11.3 Å². The summed E-state index contributed by atoms with van der Waals surface area (Å²) in [4.78, 5) is 8.24. The Morgan fingerprint density at radius 2 is 2.18 bits per heavy atom. The second kappa shape index (κ2) is 4.28. The fourth-order valence-electron chi connectivity index (χ4n) is 1.31. The fourth-order valence-corrected chi connectivity index (χ4v) is 1.79. The summed E-state index contributed by atoms with van der Waals surface area (Å²) in [6.45, 7) is 1.69. The lowest BCUT2D eigenvalue weighted by atomic mass is 10.2. The van der Waals surface area contributed by atoms with E-state index in [1.807, 2.05) is 12.1 Å². The Kier molecular flexibility index (Phi) is 2.81. The molecule has 0 aromatic carbocycles. The third-order valence-electron chi connectivity index (χ3n) is 2.06. The lowest BCUT2D eigenvalue weighted by Gasteiger charge is -2.01. The zero-order valence-corrected chi connectivity index (χ0v) is 9.69. The second-order valence-electron chi connectivity index (χ2n) is 3.12. The van der Waals surface area contributed by atoms with Crippen LogP contribution < -0.4 is 5.73 Å². The van der Waals surface area contributed by atoms with Crippen LogP contribution >= 0.6 is 11.8 Å². The van der Waals surface area contributed by atoms with E-state index in [1.165, 1.54) is 16.3 Å². The van der Waals surface area contributed by atoms with Gasteiger partial charge in [0, 0.05) is 0 Å². The summed E-state index contributed by atoms with van der Waals surface area (Å²) in [5.41, 5.74) is 6.60. The first-order valence-electron chi connectivity index (χ1n) is 4.60. The van der Waals surface area contributed by atoms with E-state index in [0.717, 1.165) is 0 Å². The van der Waals surface area contributed by atoms with Crippen LogP contribution in [-0.4, -0.2) is 25.3 Å². The van der Waals surface area contributed by atoms with Crippen molar-refractivity contribution in [3.8, 4) is 12.1 Å². The van der Waals surface area contributed by atoms with Gasteiger partial charge in [-0.05, 0) is 6.92 Å². The maximum absolute atomic E-state index is 8.93. The molecule has 2 aromatic rings. The molecule has 0 radical (unpaired) electrons. The summed E-state index contributed by atoms with van der Waals surface area (Å²) in [5.74, 6) is 0.798. The molecular weight excluding hydrogens is 238 g/mol. The molecule has 8 heteroatoms. The number of hydrogen-bond donors (Lipinski definition) is 1. The van der Waals surface area contributed by atoms with Crippen LogP contribution in [0.4, 0.5) is 5.82 Å². The first-order valence-corrected chi connectivity index (χ1v) is 5.58. The molecule has 0 aliphatic rings. The number of nitrogens with zero attached hydrogens (tertiary/aromatic N) is 6. The van der Waals surface area contributed by atoms with Crippen molar-refractivity contribution in [3.63, 3.8) is 0 Å². The van der Waals surface area contributed by atoms with E-state index < -0.39 is 0 Å². The van der Waals surface area contributed by atoms with Crippen LogP contribution in [0.25, 0.3) is 5.78 Å². The molecule has 2 heterocycles. The van der Waals surface area contributed by atoms with Gasteiger partial charge in [-0.15, -0.1) is 5.10 Å². The standard InChI is InChI=1S/C9H7N7S/c1-5-6(4-11)7(12)16-8(13-5)14-9(15-16)17-3-2-10/h3,12H2,1H3. The van der Waals surface area contributed by atoms with Gasteiger partial charge in [-0.25, -0.2) is 4.98 Å². The molecule has 2 aromatic heterocycles. The summed E-state index contributed by atoms with van der Waals surface area (Å²) in [7, 11) is 0. The quantitative estimate of drug-likeness (QED) is 0.765. The lowest BCUT2D eigenvalue weighted by molar-refractivity contribution is 0.883. The van der Waals surface area contributed by atoms with Gasteiger partial charge in [0.15, 0.2) is 0 Å². The number of thioether (sulfide) groups is 1. The van der Waals surface area contributed by atoms with Crippen molar-refractivity contribution >= 4 is 23.4 Å². The third kappa shape index (κ3) is 1.86. The normalized spacial score (nSPS) is 10.1. The largest absolute Gasteiger partial charge is 0.382 e. The van der Waals surface area contributed by atoms with Gasteiger partial charge >= 0.3 is 0 Å². The van der Waals surface area contributed by atoms with Gasteiger partial charge in [0.05, 0.1) is 17.5 Å². The SMILES string of the molecule is Cc1nc2nc(SCC#N)nn2c(N)c1C#N. The molecule has 0 spiro atoms. The van der Waals surface area contributed by atoms with Gasteiger partial charge in [-0.3, -0.25) is 0 Å². The van der Waals surface area contributed by atoms with Crippen molar-refractivity contribution < 1.29 is 0 Å². The van der Waals surface area contributed by atoms with E-state index in [4.69, 9.17) is 16.3 Å². The minimum Gasteiger partial charge on any atom is -0.382 e. The Labute approximate surface area is 101 Å². The summed E-state index contributed by atoms with van der Waals surface area (Å²) < 4.78 is 1.31. The van der Waals surface area contributed by atoms with Crippen LogP contribution in [-0.2, 0) is 0 Å². The van der Waals surface area contributed by atoms with Crippen molar-refractivity contribution in [2.45, 2.75) is 12.1 Å². The molecule has 84 valence electrons. The topological polar surface area (TPSA) is 117 Å². The molecular formula is C9H7N7S. The molecule has 0 saturated heterocycles. The molecule has 7 nitrogen and oxygen atoms in total. The molecule has 0 bridgehead atoms. The Morgan fingerprint density at radius 1 is 1.41 bits per heavy atom. The number of aromatic nitrogens is 4. The molecule has 0 amide bonds. The van der Waals surface area contributed by atoms with Crippen LogP contribution in [0, 0.1) is 29.6 Å². The highest BCUT2D eigenvalue weighted by Crippen LogP contribution is 2.18. The van der Waals surface area contributed by atoms with Crippen LogP contribution in [0.3, 0.4) is 0 Å². The molecule has 0 saturated carbocycles. The van der Waals surface area contributed by atoms with Crippen molar-refractivity contribution in [1.82, 2.24) is 19.6 Å². The number of hydrogen-bond acceptors (Lipinski definition) is 7. The van der Waals surface area contributed by atoms with Crippen molar-refractivity contribution in [2.75, 3.05) is 11.5 Å². The van der Waals surface area contributed by atoms with E-state index in [0.29, 0.717) is 22.2 Å². The molecule has 0 aliphatic carbocycles. The molecule has 0 unspecified atom stereocenters. The number of nitrogen functional groups attached to an aromatic ring is 1. The third-order valence-corrected chi connectivity index (χ3v) is 2.77. The Bertz CT molecular complexity index is 661. The first-order chi connectivity index (χ1) is 8.17. The van der Waals surface area contributed by atoms with Crippen LogP contribution in [0.15, 0.2) is 5.16 Å². The van der Waals surface area contributed by atoms with Gasteiger partial charge < -0.3 is 5.73 Å². The molecule has 0 fully saturated rings. The maximum Gasteiger partial charge on any atom is 0.255 e. The predicted molar refractivity (Wildman–Crippen MR) is 61.0 cm³/mol. The molecule has 17 heavy (non-hydrogen) atoms. The zero-order valence-electron chi connectivity index (χ0n) is 8.88. The lowest BCUT2D eigenvalue weighted by Crippen LogP contribution is -2.06. The minimum absolute atomic E-state index is 0.214. The molecule has 2 N–H and O–H groups in total. The van der Waals surface area contributed by atoms with E-state index in [2.05, 4.69) is 15.1 Å². The predicted octanol–water partition coefficient (Wildman–Crippen LogP) is 0.502. The van der Waals surface area contributed by atoms with Gasteiger partial charge in [0.2, 0.25) is 5.16 Å². The van der Waals surface area contributed by atoms with Gasteiger partial charge in [0.25, 0.3) is 5.78 Å². The van der Waals surface area contributed by atoms with Crippen LogP contribution in [0.1, 0.15) is 11.3 Å². The molecule has 0 aliphatic heterocycles. The average Bonchev–Trinajstić information content (AvgIpc) is 2.70. The number of fused-ring (bicyclic) bond motifs is 1. The van der Waals surface area contributed by atoms with Crippen molar-refractivity contribution in [2.24, 2.45) is 0 Å². The van der Waals surface area contributed by atoms with E-state index >= 15 is 0 Å². The number of nitriles is 2. The number of nitrogens with two attached hydrogens (primary N) is 1. The van der Waals surface area contributed by atoms with Crippen LogP contribution in [0.5, 0.6) is 0 Å². The second-order valence-corrected chi connectivity index (χ2v) is 4.06. The first kappa shape index (κ1) is 11.2. The smallest absolute Gasteiger partial charge is 0.255 e. The maximum atomic E-state index is 8.93. The highest BCUT2D eigenvalue weighted by molar-refractivity contribution is 7.99. The highest BCUT2D eigenvalue weighted by Gasteiger charge is 2.13. The summed E-state index contributed by atoms with van der Waals surface area (Å²) >= 11 is 1.19. The number of aryl methyl sites for hydroxylation is 1. The summed E-state index contributed by atoms with van der Waals surface area (Å²) in [6.07, 6.45) is 0. The Hall–Kier alpha value is -2.32. The van der Waals surface area contributed by atoms with Gasteiger partial charge in [-0.2, -0.15) is 20.0 Å². The highest BCUT2D eigenvalue weighted by atomic mass is 32.2. The summed E-state index contributed by atoms with van der Waals surface area (Å²) in [5, 5.41) is 21.9. The number of rotatable bonds is 2. The van der Waals surface area contributed by atoms with E-state index in [1.54, 1.807) is 6.92 Å². The molecule has 0 atom stereocenters. The van der Waals surface area contributed by atoms with E-state index in [9.17, 15) is 0 Å².